The molecule has 1 aromatic carbocycles. The van der Waals surface area contributed by atoms with Gasteiger partial charge in [-0.25, -0.2) is 4.79 Å². The number of carbonyl (C=O) groups is 2. The summed E-state index contributed by atoms with van der Waals surface area (Å²) < 4.78 is 0. The second-order valence-corrected chi connectivity index (χ2v) is 5.95. The number of aliphatic hydroxyl groups is 1. The van der Waals surface area contributed by atoms with Crippen molar-refractivity contribution in [3.8, 4) is 0 Å². The Labute approximate surface area is 132 Å². The summed E-state index contributed by atoms with van der Waals surface area (Å²) in [5.74, 6) is -0.177. The van der Waals surface area contributed by atoms with Gasteiger partial charge in [-0.1, -0.05) is 23.7 Å². The second-order valence-electron chi connectivity index (χ2n) is 5.51. The van der Waals surface area contributed by atoms with Crippen LogP contribution in [0.25, 0.3) is 0 Å². The van der Waals surface area contributed by atoms with E-state index in [9.17, 15) is 14.7 Å². The normalized spacial score (nSPS) is 22.3. The third-order valence-corrected chi connectivity index (χ3v) is 3.96. The van der Waals surface area contributed by atoms with Crippen LogP contribution in [0, 0.1) is 0 Å². The molecular weight excluding hydrogens is 306 g/mol. The van der Waals surface area contributed by atoms with E-state index in [0.29, 0.717) is 22.8 Å². The summed E-state index contributed by atoms with van der Waals surface area (Å²) in [6.07, 6.45) is -0.622. The maximum Gasteiger partial charge on any atom is 0.319 e. The molecule has 0 spiro atoms. The standard InChI is InChI=1S/C15H16ClN3O3/c1-8(20)6-19-7-11-12(14(19)21)13(18-15(22)17-11)9-2-4-10(16)5-3-9/h2-5,8,13,20H,6-7H2,1H3,(H2,17,18,22)/t8-,13+/m1/s1. The highest BCUT2D eigenvalue weighted by molar-refractivity contribution is 6.30. The van der Waals surface area contributed by atoms with Gasteiger partial charge in [0.15, 0.2) is 0 Å². The Hall–Kier alpha value is -2.05. The van der Waals surface area contributed by atoms with Crippen molar-refractivity contribution in [1.29, 1.82) is 0 Å². The van der Waals surface area contributed by atoms with Crippen LogP contribution in [0.3, 0.4) is 0 Å². The van der Waals surface area contributed by atoms with Crippen LogP contribution >= 0.6 is 11.6 Å². The van der Waals surface area contributed by atoms with Gasteiger partial charge in [0.25, 0.3) is 5.91 Å². The van der Waals surface area contributed by atoms with Gasteiger partial charge >= 0.3 is 6.03 Å². The number of rotatable bonds is 3. The highest BCUT2D eigenvalue weighted by Gasteiger charge is 2.40. The van der Waals surface area contributed by atoms with Crippen molar-refractivity contribution >= 4 is 23.5 Å². The van der Waals surface area contributed by atoms with Crippen molar-refractivity contribution in [3.05, 3.63) is 46.1 Å². The predicted octanol–water partition coefficient (Wildman–Crippen LogP) is 1.17. The monoisotopic (exact) mass is 321 g/mol. The van der Waals surface area contributed by atoms with E-state index in [1.54, 1.807) is 31.2 Å². The summed E-state index contributed by atoms with van der Waals surface area (Å²) in [7, 11) is 0. The molecule has 2 aliphatic heterocycles. The fourth-order valence-corrected chi connectivity index (χ4v) is 2.93. The molecule has 1 aromatic rings. The number of amides is 3. The molecule has 0 fully saturated rings. The largest absolute Gasteiger partial charge is 0.392 e. The Balaban J connectivity index is 1.94. The van der Waals surface area contributed by atoms with E-state index in [1.165, 1.54) is 4.90 Å². The number of β-amino-alcohol motifs (C(OH)–C–C–N with tert-alkyl or cyclic N) is 1. The third-order valence-electron chi connectivity index (χ3n) is 3.71. The zero-order valence-corrected chi connectivity index (χ0v) is 12.7. The Bertz CT molecular complexity index is 655. The number of hydrogen-bond donors (Lipinski definition) is 3. The number of aliphatic hydroxyl groups excluding tert-OH is 1. The smallest absolute Gasteiger partial charge is 0.319 e. The average molecular weight is 322 g/mol. The van der Waals surface area contributed by atoms with E-state index in [2.05, 4.69) is 10.6 Å². The maximum atomic E-state index is 12.6. The first kappa shape index (κ1) is 14.9. The lowest BCUT2D eigenvalue weighted by Crippen LogP contribution is -2.44. The van der Waals surface area contributed by atoms with E-state index in [4.69, 9.17) is 11.6 Å². The summed E-state index contributed by atoms with van der Waals surface area (Å²) in [6.45, 7) is 2.16. The maximum absolute atomic E-state index is 12.6. The number of nitrogens with one attached hydrogen (secondary N) is 2. The second kappa shape index (κ2) is 5.62. The molecular formula is C15H16ClN3O3. The molecule has 0 bridgehead atoms. The molecule has 0 aromatic heterocycles. The predicted molar refractivity (Wildman–Crippen MR) is 81.1 cm³/mol. The van der Waals surface area contributed by atoms with E-state index in [0.717, 1.165) is 5.56 Å². The van der Waals surface area contributed by atoms with Crippen molar-refractivity contribution < 1.29 is 14.7 Å². The van der Waals surface area contributed by atoms with Gasteiger partial charge in [0.2, 0.25) is 0 Å². The Morgan fingerprint density at radius 3 is 2.68 bits per heavy atom. The minimum Gasteiger partial charge on any atom is -0.392 e. The Kier molecular flexibility index (Phi) is 3.80. The van der Waals surface area contributed by atoms with Gasteiger partial charge in [-0.05, 0) is 24.6 Å². The van der Waals surface area contributed by atoms with Crippen molar-refractivity contribution in [1.82, 2.24) is 15.5 Å². The van der Waals surface area contributed by atoms with Crippen LogP contribution in [0.5, 0.6) is 0 Å². The van der Waals surface area contributed by atoms with Gasteiger partial charge in [0.1, 0.15) is 0 Å². The molecule has 3 N–H and O–H groups in total. The molecule has 2 heterocycles. The molecule has 2 atom stereocenters. The fourth-order valence-electron chi connectivity index (χ4n) is 2.80. The molecule has 0 saturated carbocycles. The zero-order chi connectivity index (χ0) is 15.9. The topological polar surface area (TPSA) is 81.7 Å². The number of nitrogens with zero attached hydrogens (tertiary/aromatic N) is 1. The van der Waals surface area contributed by atoms with E-state index in [1.807, 2.05) is 0 Å². The Morgan fingerprint density at radius 2 is 2.05 bits per heavy atom. The quantitative estimate of drug-likeness (QED) is 0.781. The van der Waals surface area contributed by atoms with Crippen LogP contribution in [0.15, 0.2) is 35.5 Å². The summed E-state index contributed by atoms with van der Waals surface area (Å²) in [4.78, 5) is 25.9. The van der Waals surface area contributed by atoms with Crippen LogP contribution in [0.4, 0.5) is 4.79 Å². The lowest BCUT2D eigenvalue weighted by molar-refractivity contribution is -0.126. The van der Waals surface area contributed by atoms with Gasteiger partial charge in [-0.3, -0.25) is 4.79 Å². The molecule has 0 aliphatic carbocycles. The first-order valence-electron chi connectivity index (χ1n) is 6.99. The van der Waals surface area contributed by atoms with Crippen LogP contribution in [0.2, 0.25) is 5.02 Å². The molecule has 0 radical (unpaired) electrons. The zero-order valence-electron chi connectivity index (χ0n) is 12.0. The van der Waals surface area contributed by atoms with E-state index in [-0.39, 0.29) is 18.5 Å². The molecule has 22 heavy (non-hydrogen) atoms. The fraction of sp³-hybridized carbons (Fsp3) is 0.333. The minimum atomic E-state index is -0.622. The van der Waals surface area contributed by atoms with Crippen LogP contribution in [0.1, 0.15) is 18.5 Å². The molecule has 0 saturated heterocycles. The average Bonchev–Trinajstić information content (AvgIpc) is 2.74. The van der Waals surface area contributed by atoms with E-state index >= 15 is 0 Å². The highest BCUT2D eigenvalue weighted by atomic mass is 35.5. The lowest BCUT2D eigenvalue weighted by Gasteiger charge is -2.25. The summed E-state index contributed by atoms with van der Waals surface area (Å²) in [5, 5.41) is 15.5. The third kappa shape index (κ3) is 2.67. The highest BCUT2D eigenvalue weighted by Crippen LogP contribution is 2.32. The minimum absolute atomic E-state index is 0.177. The van der Waals surface area contributed by atoms with Gasteiger partial charge < -0.3 is 20.6 Å². The molecule has 116 valence electrons. The van der Waals surface area contributed by atoms with Gasteiger partial charge in [0.05, 0.1) is 30.0 Å². The SMILES string of the molecule is C[C@@H](O)CN1CC2=C(C1=O)[C@H](c1ccc(Cl)cc1)NC(=O)N2. The van der Waals surface area contributed by atoms with Crippen molar-refractivity contribution in [2.24, 2.45) is 0 Å². The lowest BCUT2D eigenvalue weighted by atomic mass is 9.96. The number of halogens is 1. The molecule has 3 amide bonds. The van der Waals surface area contributed by atoms with Gasteiger partial charge in [0, 0.05) is 11.6 Å². The van der Waals surface area contributed by atoms with E-state index < -0.39 is 12.1 Å². The first-order chi connectivity index (χ1) is 10.5. The number of benzene rings is 1. The molecule has 3 rings (SSSR count). The molecule has 6 nitrogen and oxygen atoms in total. The summed E-state index contributed by atoms with van der Waals surface area (Å²) >= 11 is 5.89. The number of urea groups is 1. The van der Waals surface area contributed by atoms with Gasteiger partial charge in [-0.15, -0.1) is 0 Å². The van der Waals surface area contributed by atoms with Crippen molar-refractivity contribution in [2.75, 3.05) is 13.1 Å². The van der Waals surface area contributed by atoms with Crippen molar-refractivity contribution in [2.45, 2.75) is 19.1 Å². The molecule has 2 aliphatic rings. The summed E-state index contributed by atoms with van der Waals surface area (Å²) in [6, 6.07) is 6.16. The van der Waals surface area contributed by atoms with Crippen LogP contribution in [-0.4, -0.2) is 41.1 Å². The first-order valence-corrected chi connectivity index (χ1v) is 7.37. The summed E-state index contributed by atoms with van der Waals surface area (Å²) in [5.41, 5.74) is 1.90. The number of carbonyl (C=O) groups excluding carboxylic acids is 2. The molecule has 0 unspecified atom stereocenters. The van der Waals surface area contributed by atoms with Crippen molar-refractivity contribution in [3.63, 3.8) is 0 Å². The molecule has 7 heteroatoms. The van der Waals surface area contributed by atoms with Gasteiger partial charge in [-0.2, -0.15) is 0 Å². The van der Waals surface area contributed by atoms with Crippen LogP contribution in [-0.2, 0) is 4.79 Å². The Morgan fingerprint density at radius 1 is 1.36 bits per heavy atom. The van der Waals surface area contributed by atoms with Crippen LogP contribution < -0.4 is 10.6 Å². The number of hydrogen-bond acceptors (Lipinski definition) is 3.